The largest absolute Gasteiger partial charge is 0.350 e. The van der Waals surface area contributed by atoms with Gasteiger partial charge in [0, 0.05) is 24.6 Å². The Kier molecular flexibility index (Phi) is 4.76. The molecule has 3 aromatic rings. The van der Waals surface area contributed by atoms with Crippen molar-refractivity contribution in [2.24, 2.45) is 0 Å². The highest BCUT2D eigenvalue weighted by molar-refractivity contribution is 6.03. The quantitative estimate of drug-likeness (QED) is 0.755. The molecule has 1 heterocycles. The summed E-state index contributed by atoms with van der Waals surface area (Å²) in [6, 6.07) is 15.5. The third-order valence-corrected chi connectivity index (χ3v) is 3.29. The summed E-state index contributed by atoms with van der Waals surface area (Å²) in [5.74, 6) is -0.374. The van der Waals surface area contributed by atoms with Gasteiger partial charge < -0.3 is 10.6 Å². The van der Waals surface area contributed by atoms with Crippen LogP contribution in [0, 0.1) is 5.82 Å². The average Bonchev–Trinajstić information content (AvgIpc) is 2.61. The van der Waals surface area contributed by atoms with Crippen molar-refractivity contribution in [2.45, 2.75) is 6.54 Å². The third-order valence-electron chi connectivity index (χ3n) is 3.29. The number of nitrogens with zero attached hydrogens (tertiary/aromatic N) is 2. The van der Waals surface area contributed by atoms with Crippen LogP contribution in [0.3, 0.4) is 0 Å². The Morgan fingerprint density at radius 3 is 2.46 bits per heavy atom. The molecule has 0 saturated carbocycles. The number of halogens is 1. The van der Waals surface area contributed by atoms with E-state index in [1.807, 2.05) is 30.3 Å². The lowest BCUT2D eigenvalue weighted by atomic mass is 10.2. The number of amides is 1. The Morgan fingerprint density at radius 2 is 1.75 bits per heavy atom. The molecular weight excluding hydrogens is 307 g/mol. The van der Waals surface area contributed by atoms with E-state index in [0.29, 0.717) is 23.7 Å². The van der Waals surface area contributed by atoms with Crippen LogP contribution in [0.5, 0.6) is 0 Å². The van der Waals surface area contributed by atoms with Crippen molar-refractivity contribution in [3.8, 4) is 0 Å². The SMILES string of the molecule is O=C(Nc1cccc(F)c1)c1cnc(NCc2ccccc2)nc1. The lowest BCUT2D eigenvalue weighted by Crippen LogP contribution is -2.13. The van der Waals surface area contributed by atoms with Crippen LogP contribution in [0.25, 0.3) is 0 Å². The first kappa shape index (κ1) is 15.6. The molecule has 2 aromatic carbocycles. The fourth-order valence-electron chi connectivity index (χ4n) is 2.08. The van der Waals surface area contributed by atoms with Crippen molar-refractivity contribution in [2.75, 3.05) is 10.6 Å². The lowest BCUT2D eigenvalue weighted by molar-refractivity contribution is 0.102. The van der Waals surface area contributed by atoms with Crippen LogP contribution < -0.4 is 10.6 Å². The van der Waals surface area contributed by atoms with Crippen molar-refractivity contribution in [3.63, 3.8) is 0 Å². The van der Waals surface area contributed by atoms with Gasteiger partial charge in [-0.15, -0.1) is 0 Å². The van der Waals surface area contributed by atoms with Crippen LogP contribution in [-0.2, 0) is 6.54 Å². The number of hydrogen-bond acceptors (Lipinski definition) is 4. The highest BCUT2D eigenvalue weighted by Crippen LogP contribution is 2.11. The molecule has 0 radical (unpaired) electrons. The Labute approximate surface area is 138 Å². The maximum absolute atomic E-state index is 13.1. The van der Waals surface area contributed by atoms with Crippen LogP contribution in [-0.4, -0.2) is 15.9 Å². The summed E-state index contributed by atoms with van der Waals surface area (Å²) in [6.07, 6.45) is 2.85. The van der Waals surface area contributed by atoms with Gasteiger partial charge in [-0.3, -0.25) is 4.79 Å². The fraction of sp³-hybridized carbons (Fsp3) is 0.0556. The molecule has 0 unspecified atom stereocenters. The maximum atomic E-state index is 13.1. The van der Waals surface area contributed by atoms with E-state index in [9.17, 15) is 9.18 Å². The van der Waals surface area contributed by atoms with Crippen LogP contribution >= 0.6 is 0 Å². The second kappa shape index (κ2) is 7.32. The zero-order valence-electron chi connectivity index (χ0n) is 12.7. The second-order valence-corrected chi connectivity index (χ2v) is 5.10. The minimum absolute atomic E-state index is 0.296. The molecule has 24 heavy (non-hydrogen) atoms. The summed E-state index contributed by atoms with van der Waals surface area (Å²) >= 11 is 0. The van der Waals surface area contributed by atoms with Crippen molar-refractivity contribution in [1.29, 1.82) is 0 Å². The summed E-state index contributed by atoms with van der Waals surface area (Å²) in [6.45, 7) is 0.593. The topological polar surface area (TPSA) is 66.9 Å². The highest BCUT2D eigenvalue weighted by Gasteiger charge is 2.08. The van der Waals surface area contributed by atoms with Crippen molar-refractivity contribution in [1.82, 2.24) is 9.97 Å². The van der Waals surface area contributed by atoms with Crippen LogP contribution in [0.2, 0.25) is 0 Å². The van der Waals surface area contributed by atoms with E-state index in [0.717, 1.165) is 5.56 Å². The smallest absolute Gasteiger partial charge is 0.258 e. The van der Waals surface area contributed by atoms with Gasteiger partial charge in [-0.25, -0.2) is 14.4 Å². The molecule has 0 aliphatic rings. The molecule has 1 aromatic heterocycles. The lowest BCUT2D eigenvalue weighted by Gasteiger charge is -2.07. The predicted molar refractivity (Wildman–Crippen MR) is 90.2 cm³/mol. The van der Waals surface area contributed by atoms with E-state index in [4.69, 9.17) is 0 Å². The van der Waals surface area contributed by atoms with Gasteiger partial charge >= 0.3 is 0 Å². The van der Waals surface area contributed by atoms with Gasteiger partial charge in [-0.2, -0.15) is 0 Å². The molecule has 0 atom stereocenters. The molecule has 2 N–H and O–H groups in total. The molecule has 0 bridgehead atoms. The van der Waals surface area contributed by atoms with E-state index in [1.54, 1.807) is 6.07 Å². The summed E-state index contributed by atoms with van der Waals surface area (Å²) in [4.78, 5) is 20.3. The fourth-order valence-corrected chi connectivity index (χ4v) is 2.08. The van der Waals surface area contributed by atoms with Gasteiger partial charge in [0.1, 0.15) is 5.82 Å². The minimum Gasteiger partial charge on any atom is -0.350 e. The van der Waals surface area contributed by atoms with Crippen LogP contribution in [0.1, 0.15) is 15.9 Å². The van der Waals surface area contributed by atoms with E-state index in [2.05, 4.69) is 20.6 Å². The minimum atomic E-state index is -0.412. The number of aromatic nitrogens is 2. The van der Waals surface area contributed by atoms with Gasteiger partial charge in [0.2, 0.25) is 5.95 Å². The number of carbonyl (C=O) groups is 1. The van der Waals surface area contributed by atoms with Gasteiger partial charge in [0.05, 0.1) is 5.56 Å². The van der Waals surface area contributed by atoms with E-state index in [1.165, 1.54) is 30.6 Å². The first-order valence-corrected chi connectivity index (χ1v) is 7.37. The van der Waals surface area contributed by atoms with E-state index < -0.39 is 11.7 Å². The third kappa shape index (κ3) is 4.13. The van der Waals surface area contributed by atoms with Crippen LogP contribution in [0.15, 0.2) is 67.0 Å². The Bertz CT molecular complexity index is 822. The summed E-state index contributed by atoms with van der Waals surface area (Å²) in [5.41, 5.74) is 1.78. The zero-order chi connectivity index (χ0) is 16.8. The normalized spacial score (nSPS) is 10.2. The molecule has 1 amide bonds. The highest BCUT2D eigenvalue weighted by atomic mass is 19.1. The van der Waals surface area contributed by atoms with E-state index in [-0.39, 0.29) is 0 Å². The first-order valence-electron chi connectivity index (χ1n) is 7.37. The molecule has 0 spiro atoms. The first-order chi connectivity index (χ1) is 11.7. The number of nitrogens with one attached hydrogen (secondary N) is 2. The number of carbonyl (C=O) groups excluding carboxylic acids is 1. The number of anilines is 2. The van der Waals surface area contributed by atoms with Gasteiger partial charge in [0.15, 0.2) is 0 Å². The molecule has 120 valence electrons. The summed E-state index contributed by atoms with van der Waals surface area (Å²) < 4.78 is 13.1. The van der Waals surface area contributed by atoms with Gasteiger partial charge in [-0.1, -0.05) is 36.4 Å². The standard InChI is InChI=1S/C18H15FN4O/c19-15-7-4-8-16(9-15)23-17(24)14-11-21-18(22-12-14)20-10-13-5-2-1-3-6-13/h1-9,11-12H,10H2,(H,23,24)(H,20,21,22). The Balaban J connectivity index is 1.60. The monoisotopic (exact) mass is 322 g/mol. The molecule has 5 nitrogen and oxygen atoms in total. The summed E-state index contributed by atoms with van der Waals surface area (Å²) in [5, 5.41) is 5.68. The maximum Gasteiger partial charge on any atom is 0.258 e. The number of benzene rings is 2. The molecule has 6 heteroatoms. The van der Waals surface area contributed by atoms with Gasteiger partial charge in [-0.05, 0) is 23.8 Å². The molecule has 0 aliphatic carbocycles. The van der Waals surface area contributed by atoms with Crippen molar-refractivity contribution < 1.29 is 9.18 Å². The van der Waals surface area contributed by atoms with Crippen molar-refractivity contribution in [3.05, 3.63) is 83.9 Å². The molecule has 0 saturated heterocycles. The number of rotatable bonds is 5. The Morgan fingerprint density at radius 1 is 1.00 bits per heavy atom. The molecule has 0 fully saturated rings. The second-order valence-electron chi connectivity index (χ2n) is 5.10. The molecule has 0 aliphatic heterocycles. The predicted octanol–water partition coefficient (Wildman–Crippen LogP) is 3.48. The Hall–Kier alpha value is -3.28. The summed E-state index contributed by atoms with van der Waals surface area (Å²) in [7, 11) is 0. The van der Waals surface area contributed by atoms with Gasteiger partial charge in [0.25, 0.3) is 5.91 Å². The van der Waals surface area contributed by atoms with Crippen molar-refractivity contribution >= 4 is 17.5 Å². The molecule has 3 rings (SSSR count). The molecular formula is C18H15FN4O. The number of hydrogen-bond donors (Lipinski definition) is 2. The van der Waals surface area contributed by atoms with E-state index >= 15 is 0 Å². The van der Waals surface area contributed by atoms with Crippen LogP contribution in [0.4, 0.5) is 16.0 Å². The zero-order valence-corrected chi connectivity index (χ0v) is 12.7. The average molecular weight is 322 g/mol.